The Balaban J connectivity index is 1.39. The van der Waals surface area contributed by atoms with E-state index in [1.807, 2.05) is 88.7 Å². The van der Waals surface area contributed by atoms with Crippen LogP contribution in [0.25, 0.3) is 0 Å². The first-order valence-electron chi connectivity index (χ1n) is 10.9. The fourth-order valence-electron chi connectivity index (χ4n) is 4.18. The number of nitrogens with zero attached hydrogens (tertiary/aromatic N) is 2. The Labute approximate surface area is 184 Å². The molecule has 0 saturated carbocycles. The number of hydrogen-bond acceptors (Lipinski definition) is 2. The number of aryl methyl sites for hydroxylation is 1. The van der Waals surface area contributed by atoms with Crippen LogP contribution in [-0.2, 0) is 16.0 Å². The number of carbonyl (C=O) groups is 2. The molecule has 2 amide bonds. The molecule has 3 aromatic carbocycles. The zero-order valence-electron chi connectivity index (χ0n) is 17.7. The summed E-state index contributed by atoms with van der Waals surface area (Å²) in [6.45, 7) is 2.34. The second kappa shape index (κ2) is 10.1. The van der Waals surface area contributed by atoms with E-state index in [9.17, 15) is 9.59 Å². The maximum absolute atomic E-state index is 13.5. The van der Waals surface area contributed by atoms with Crippen LogP contribution >= 0.6 is 0 Å². The lowest BCUT2D eigenvalue weighted by molar-refractivity contribution is -0.139. The van der Waals surface area contributed by atoms with Crippen molar-refractivity contribution >= 4 is 11.8 Å². The van der Waals surface area contributed by atoms with Crippen LogP contribution in [0.4, 0.5) is 0 Å². The average Bonchev–Trinajstić information content (AvgIpc) is 2.85. The van der Waals surface area contributed by atoms with Crippen molar-refractivity contribution in [3.05, 3.63) is 108 Å². The molecule has 1 aliphatic heterocycles. The number of benzene rings is 3. The maximum atomic E-state index is 13.5. The van der Waals surface area contributed by atoms with Gasteiger partial charge in [0.05, 0.1) is 5.92 Å². The molecular formula is C27H28N2O2. The number of amides is 2. The molecule has 4 heteroatoms. The summed E-state index contributed by atoms with van der Waals surface area (Å²) < 4.78 is 0. The van der Waals surface area contributed by atoms with Crippen LogP contribution < -0.4 is 0 Å². The van der Waals surface area contributed by atoms with E-state index in [0.29, 0.717) is 32.6 Å². The molecular weight excluding hydrogens is 384 g/mol. The fraction of sp³-hybridized carbons (Fsp3) is 0.259. The monoisotopic (exact) mass is 412 g/mol. The Morgan fingerprint density at radius 3 is 1.61 bits per heavy atom. The molecule has 3 aromatic rings. The lowest BCUT2D eigenvalue weighted by Crippen LogP contribution is -2.51. The Bertz CT molecular complexity index is 942. The lowest BCUT2D eigenvalue weighted by Gasteiger charge is -2.36. The Morgan fingerprint density at radius 2 is 1.10 bits per heavy atom. The molecule has 158 valence electrons. The number of hydrogen-bond donors (Lipinski definition) is 0. The SMILES string of the molecule is O=C(CCc1ccccc1)N1CCN(C(=O)C(c2ccccc2)c2ccccc2)CC1. The molecule has 0 bridgehead atoms. The van der Waals surface area contributed by atoms with Crippen molar-refractivity contribution in [2.45, 2.75) is 18.8 Å². The molecule has 0 atom stereocenters. The molecule has 31 heavy (non-hydrogen) atoms. The molecule has 1 aliphatic rings. The molecule has 0 radical (unpaired) electrons. The smallest absolute Gasteiger partial charge is 0.234 e. The number of carbonyl (C=O) groups excluding carboxylic acids is 2. The molecule has 0 unspecified atom stereocenters. The van der Waals surface area contributed by atoms with Gasteiger partial charge in [-0.1, -0.05) is 91.0 Å². The highest BCUT2D eigenvalue weighted by atomic mass is 16.2. The minimum atomic E-state index is -0.317. The third-order valence-corrected chi connectivity index (χ3v) is 5.93. The van der Waals surface area contributed by atoms with E-state index in [2.05, 4.69) is 12.1 Å². The van der Waals surface area contributed by atoms with Crippen molar-refractivity contribution in [3.8, 4) is 0 Å². The third-order valence-electron chi connectivity index (χ3n) is 5.93. The van der Waals surface area contributed by atoms with Crippen molar-refractivity contribution < 1.29 is 9.59 Å². The molecule has 4 nitrogen and oxygen atoms in total. The molecule has 0 spiro atoms. The maximum Gasteiger partial charge on any atom is 0.234 e. The molecule has 1 saturated heterocycles. The van der Waals surface area contributed by atoms with Gasteiger partial charge in [0, 0.05) is 32.6 Å². The van der Waals surface area contributed by atoms with Gasteiger partial charge in [0.25, 0.3) is 0 Å². The summed E-state index contributed by atoms with van der Waals surface area (Å²) >= 11 is 0. The first-order chi connectivity index (χ1) is 15.2. The van der Waals surface area contributed by atoms with Gasteiger partial charge >= 0.3 is 0 Å². The summed E-state index contributed by atoms with van der Waals surface area (Å²) in [6, 6.07) is 30.0. The zero-order chi connectivity index (χ0) is 21.5. The summed E-state index contributed by atoms with van der Waals surface area (Å²) in [5, 5.41) is 0. The first-order valence-corrected chi connectivity index (χ1v) is 10.9. The highest BCUT2D eigenvalue weighted by Crippen LogP contribution is 2.27. The van der Waals surface area contributed by atoms with Gasteiger partial charge in [0.15, 0.2) is 0 Å². The summed E-state index contributed by atoms with van der Waals surface area (Å²) in [4.78, 5) is 30.0. The van der Waals surface area contributed by atoms with Crippen molar-refractivity contribution in [3.63, 3.8) is 0 Å². The minimum absolute atomic E-state index is 0.105. The summed E-state index contributed by atoms with van der Waals surface area (Å²) in [5.41, 5.74) is 3.18. The van der Waals surface area contributed by atoms with Crippen LogP contribution in [0.2, 0.25) is 0 Å². The molecule has 0 aromatic heterocycles. The Kier molecular flexibility index (Phi) is 6.78. The van der Waals surface area contributed by atoms with E-state index in [0.717, 1.165) is 17.5 Å². The number of piperazine rings is 1. The van der Waals surface area contributed by atoms with Gasteiger partial charge in [-0.15, -0.1) is 0 Å². The van der Waals surface area contributed by atoms with E-state index in [1.54, 1.807) is 0 Å². The van der Waals surface area contributed by atoms with Crippen LogP contribution in [-0.4, -0.2) is 47.8 Å². The second-order valence-corrected chi connectivity index (χ2v) is 7.95. The molecule has 0 aliphatic carbocycles. The standard InChI is InChI=1S/C27H28N2O2/c30-25(17-16-22-10-4-1-5-11-22)28-18-20-29(21-19-28)27(31)26(23-12-6-2-7-13-23)24-14-8-3-9-15-24/h1-15,26H,16-21H2. The summed E-state index contributed by atoms with van der Waals surface area (Å²) in [5.74, 6) is -0.0462. The van der Waals surface area contributed by atoms with Gasteiger partial charge in [-0.3, -0.25) is 9.59 Å². The van der Waals surface area contributed by atoms with Gasteiger partial charge in [-0.05, 0) is 23.1 Å². The highest BCUT2D eigenvalue weighted by molar-refractivity contribution is 5.87. The van der Waals surface area contributed by atoms with Crippen molar-refractivity contribution in [1.82, 2.24) is 9.80 Å². The van der Waals surface area contributed by atoms with Crippen molar-refractivity contribution in [2.75, 3.05) is 26.2 Å². The highest BCUT2D eigenvalue weighted by Gasteiger charge is 2.30. The summed E-state index contributed by atoms with van der Waals surface area (Å²) in [7, 11) is 0. The Hall–Kier alpha value is -3.40. The second-order valence-electron chi connectivity index (χ2n) is 7.95. The largest absolute Gasteiger partial charge is 0.339 e. The minimum Gasteiger partial charge on any atom is -0.339 e. The van der Waals surface area contributed by atoms with Crippen molar-refractivity contribution in [1.29, 1.82) is 0 Å². The van der Waals surface area contributed by atoms with Crippen LogP contribution in [0.5, 0.6) is 0 Å². The predicted octanol–water partition coefficient (Wildman–Crippen LogP) is 4.12. The van der Waals surface area contributed by atoms with E-state index < -0.39 is 0 Å². The number of rotatable bonds is 6. The lowest BCUT2D eigenvalue weighted by atomic mass is 9.90. The van der Waals surface area contributed by atoms with Crippen LogP contribution in [0.15, 0.2) is 91.0 Å². The van der Waals surface area contributed by atoms with Gasteiger partial charge in [-0.2, -0.15) is 0 Å². The van der Waals surface area contributed by atoms with E-state index >= 15 is 0 Å². The van der Waals surface area contributed by atoms with Gasteiger partial charge in [-0.25, -0.2) is 0 Å². The van der Waals surface area contributed by atoms with Gasteiger partial charge < -0.3 is 9.80 Å². The predicted molar refractivity (Wildman–Crippen MR) is 123 cm³/mol. The normalized spacial score (nSPS) is 14.0. The third kappa shape index (κ3) is 5.21. The van der Waals surface area contributed by atoms with Gasteiger partial charge in [0.1, 0.15) is 0 Å². The quantitative estimate of drug-likeness (QED) is 0.611. The first kappa shape index (κ1) is 20.9. The van der Waals surface area contributed by atoms with Crippen LogP contribution in [0.3, 0.4) is 0 Å². The molecule has 0 N–H and O–H groups in total. The molecule has 1 fully saturated rings. The molecule has 4 rings (SSSR count). The zero-order valence-corrected chi connectivity index (χ0v) is 17.7. The van der Waals surface area contributed by atoms with E-state index in [1.165, 1.54) is 5.56 Å². The van der Waals surface area contributed by atoms with Crippen molar-refractivity contribution in [2.24, 2.45) is 0 Å². The Morgan fingerprint density at radius 1 is 0.645 bits per heavy atom. The summed E-state index contributed by atoms with van der Waals surface area (Å²) in [6.07, 6.45) is 1.26. The van der Waals surface area contributed by atoms with Crippen LogP contribution in [0, 0.1) is 0 Å². The van der Waals surface area contributed by atoms with Gasteiger partial charge in [0.2, 0.25) is 11.8 Å². The topological polar surface area (TPSA) is 40.6 Å². The average molecular weight is 413 g/mol. The van der Waals surface area contributed by atoms with Crippen LogP contribution in [0.1, 0.15) is 29.0 Å². The van der Waals surface area contributed by atoms with E-state index in [4.69, 9.17) is 0 Å². The fourth-order valence-corrected chi connectivity index (χ4v) is 4.18. The molecule has 1 heterocycles. The van der Waals surface area contributed by atoms with E-state index in [-0.39, 0.29) is 17.7 Å².